The van der Waals surface area contributed by atoms with E-state index in [0.29, 0.717) is 18.8 Å². The molecule has 4 rings (SSSR count). The molecule has 1 aliphatic heterocycles. The number of hydrogen-bond donors (Lipinski definition) is 0. The molecule has 0 atom stereocenters. The van der Waals surface area contributed by atoms with Crippen molar-refractivity contribution in [2.24, 2.45) is 0 Å². The molecule has 3 aromatic rings. The topological polar surface area (TPSA) is 85.7 Å². The number of nitrogens with zero attached hydrogens (tertiary/aromatic N) is 2. The maximum atomic E-state index is 13.1. The van der Waals surface area contributed by atoms with Crippen molar-refractivity contribution in [2.75, 3.05) is 13.1 Å². The Morgan fingerprint density at radius 2 is 1.68 bits per heavy atom. The summed E-state index contributed by atoms with van der Waals surface area (Å²) in [5, 5.41) is 1.19. The van der Waals surface area contributed by atoms with Crippen molar-refractivity contribution >= 4 is 32.8 Å². The Hall–Kier alpha value is -3.19. The normalized spacial score (nSPS) is 14.1. The Morgan fingerprint density at radius 3 is 2.32 bits per heavy atom. The van der Waals surface area contributed by atoms with Crippen molar-refractivity contribution in [3.63, 3.8) is 0 Å². The lowest BCUT2D eigenvalue weighted by atomic mass is 10.2. The maximum absolute atomic E-state index is 13.1. The number of benzene rings is 2. The highest BCUT2D eigenvalue weighted by atomic mass is 32.2. The van der Waals surface area contributed by atoms with Crippen LogP contribution >= 0.6 is 0 Å². The highest BCUT2D eigenvalue weighted by Gasteiger charge is 2.29. The van der Waals surface area contributed by atoms with Gasteiger partial charge in [0, 0.05) is 23.8 Å². The second-order valence-electron chi connectivity index (χ2n) is 7.41. The van der Waals surface area contributed by atoms with E-state index in [9.17, 15) is 8.42 Å². The molecule has 8 heteroatoms. The molecule has 0 saturated heterocycles. The second kappa shape index (κ2) is 9.31. The standard InChI is InChI=1S/C22H24N2O3S.CO2/c1-16(2)27-19-8-10-20(11-9-19)28(25,26)23-13-12-18(15-23)24-14-17(3)21-6-4-5-7-22(21)24;2-1-3/h4-12,14,16H,13,15H2,1-3H3;. The molecule has 0 saturated carbocycles. The van der Waals surface area contributed by atoms with Crippen LogP contribution in [-0.4, -0.2) is 42.6 Å². The van der Waals surface area contributed by atoms with Gasteiger partial charge >= 0.3 is 6.15 Å². The van der Waals surface area contributed by atoms with Crippen LogP contribution in [0.4, 0.5) is 0 Å². The van der Waals surface area contributed by atoms with E-state index in [1.165, 1.54) is 15.3 Å². The van der Waals surface area contributed by atoms with Gasteiger partial charge in [-0.2, -0.15) is 13.9 Å². The van der Waals surface area contributed by atoms with Crippen molar-refractivity contribution in [3.8, 4) is 5.75 Å². The van der Waals surface area contributed by atoms with Crippen LogP contribution < -0.4 is 4.74 Å². The van der Waals surface area contributed by atoms with Crippen LogP contribution in [0.2, 0.25) is 0 Å². The van der Waals surface area contributed by atoms with E-state index in [2.05, 4.69) is 29.8 Å². The first-order valence-corrected chi connectivity index (χ1v) is 11.2. The van der Waals surface area contributed by atoms with Gasteiger partial charge in [0.1, 0.15) is 5.75 Å². The Bertz CT molecular complexity index is 1230. The van der Waals surface area contributed by atoms with E-state index in [1.807, 2.05) is 32.1 Å². The van der Waals surface area contributed by atoms with Gasteiger partial charge < -0.3 is 9.30 Å². The van der Waals surface area contributed by atoms with Gasteiger partial charge in [-0.3, -0.25) is 0 Å². The summed E-state index contributed by atoms with van der Waals surface area (Å²) in [6.07, 6.45) is 4.36. The van der Waals surface area contributed by atoms with Gasteiger partial charge in [0.2, 0.25) is 10.0 Å². The summed E-state index contributed by atoms with van der Waals surface area (Å²) >= 11 is 0. The quantitative estimate of drug-likeness (QED) is 0.604. The Kier molecular flexibility index (Phi) is 6.75. The third-order valence-electron chi connectivity index (χ3n) is 4.92. The number of para-hydroxylation sites is 1. The van der Waals surface area contributed by atoms with Crippen LogP contribution in [0.3, 0.4) is 0 Å². The molecule has 7 nitrogen and oxygen atoms in total. The average Bonchev–Trinajstić information content (AvgIpc) is 3.35. The van der Waals surface area contributed by atoms with Crippen molar-refractivity contribution in [1.82, 2.24) is 8.87 Å². The van der Waals surface area contributed by atoms with Crippen molar-refractivity contribution in [1.29, 1.82) is 0 Å². The fourth-order valence-corrected chi connectivity index (χ4v) is 4.92. The van der Waals surface area contributed by atoms with Gasteiger partial charge in [-0.05, 0) is 62.7 Å². The molecule has 162 valence electrons. The summed E-state index contributed by atoms with van der Waals surface area (Å²) in [7, 11) is -3.56. The molecule has 1 aliphatic rings. The first kappa shape index (κ1) is 22.5. The van der Waals surface area contributed by atoms with Gasteiger partial charge in [-0.1, -0.05) is 18.2 Å². The highest BCUT2D eigenvalue weighted by Crippen LogP contribution is 2.29. The molecule has 2 aromatic carbocycles. The molecule has 0 unspecified atom stereocenters. The fraction of sp³-hybridized carbons (Fsp3) is 0.261. The predicted octanol–water partition coefficient (Wildman–Crippen LogP) is 3.70. The van der Waals surface area contributed by atoms with Crippen LogP contribution in [0.25, 0.3) is 16.6 Å². The maximum Gasteiger partial charge on any atom is 0.373 e. The molecular weight excluding hydrogens is 416 g/mol. The zero-order chi connectivity index (χ0) is 22.6. The number of ether oxygens (including phenoxy) is 1. The molecule has 0 N–H and O–H groups in total. The summed E-state index contributed by atoms with van der Waals surface area (Å²) in [5.41, 5.74) is 3.26. The van der Waals surface area contributed by atoms with Crippen LogP contribution in [-0.2, 0) is 19.6 Å². The number of sulfonamides is 1. The largest absolute Gasteiger partial charge is 0.491 e. The van der Waals surface area contributed by atoms with Gasteiger partial charge in [0.05, 0.1) is 23.1 Å². The number of carbonyl (C=O) groups excluding carboxylic acids is 2. The molecule has 1 aromatic heterocycles. The third-order valence-corrected chi connectivity index (χ3v) is 6.75. The van der Waals surface area contributed by atoms with Crippen LogP contribution in [0, 0.1) is 6.92 Å². The molecular formula is C23H24N2O5S. The Morgan fingerprint density at radius 1 is 1.03 bits per heavy atom. The van der Waals surface area contributed by atoms with E-state index >= 15 is 0 Å². The van der Waals surface area contributed by atoms with Gasteiger partial charge in [-0.25, -0.2) is 8.42 Å². The lowest BCUT2D eigenvalue weighted by Crippen LogP contribution is -2.29. The summed E-state index contributed by atoms with van der Waals surface area (Å²) in [6.45, 7) is 6.67. The van der Waals surface area contributed by atoms with Crippen LogP contribution in [0.1, 0.15) is 19.4 Å². The lowest BCUT2D eigenvalue weighted by molar-refractivity contribution is -0.191. The molecule has 0 radical (unpaired) electrons. The Labute approximate surface area is 181 Å². The number of aryl methyl sites for hydroxylation is 1. The van der Waals surface area contributed by atoms with E-state index < -0.39 is 10.0 Å². The van der Waals surface area contributed by atoms with Gasteiger partial charge in [0.25, 0.3) is 0 Å². The van der Waals surface area contributed by atoms with Crippen molar-refractivity contribution < 1.29 is 22.7 Å². The third kappa shape index (κ3) is 4.77. The van der Waals surface area contributed by atoms with Gasteiger partial charge in [0.15, 0.2) is 0 Å². The summed E-state index contributed by atoms with van der Waals surface area (Å²) < 4.78 is 35.3. The molecule has 0 amide bonds. The number of aromatic nitrogens is 1. The Balaban J connectivity index is 0.000000858. The summed E-state index contributed by atoms with van der Waals surface area (Å²) in [4.78, 5) is 16.5. The van der Waals surface area contributed by atoms with E-state index in [-0.39, 0.29) is 17.2 Å². The van der Waals surface area contributed by atoms with E-state index in [4.69, 9.17) is 14.3 Å². The SMILES string of the molecule is Cc1cn(C2=CCN(S(=O)(=O)c3ccc(OC(C)C)cc3)C2)c2ccccc12.O=C=O. The zero-order valence-corrected chi connectivity index (χ0v) is 18.4. The first-order chi connectivity index (χ1) is 14.8. The van der Waals surface area contributed by atoms with Crippen LogP contribution in [0.15, 0.2) is 65.7 Å². The second-order valence-corrected chi connectivity index (χ2v) is 9.35. The fourth-order valence-electron chi connectivity index (χ4n) is 3.57. The molecule has 0 bridgehead atoms. The smallest absolute Gasteiger partial charge is 0.373 e. The minimum absolute atomic E-state index is 0.0487. The molecule has 2 heterocycles. The molecule has 0 aliphatic carbocycles. The van der Waals surface area contributed by atoms with Crippen LogP contribution in [0.5, 0.6) is 5.75 Å². The van der Waals surface area contributed by atoms with E-state index in [1.54, 1.807) is 24.3 Å². The number of rotatable bonds is 5. The molecule has 0 spiro atoms. The van der Waals surface area contributed by atoms with Gasteiger partial charge in [-0.15, -0.1) is 0 Å². The predicted molar refractivity (Wildman–Crippen MR) is 117 cm³/mol. The number of fused-ring (bicyclic) bond motifs is 1. The molecule has 31 heavy (non-hydrogen) atoms. The summed E-state index contributed by atoms with van der Waals surface area (Å²) in [6, 6.07) is 14.8. The minimum atomic E-state index is -3.56. The van der Waals surface area contributed by atoms with E-state index in [0.717, 1.165) is 11.2 Å². The lowest BCUT2D eigenvalue weighted by Gasteiger charge is -2.17. The minimum Gasteiger partial charge on any atom is -0.491 e. The highest BCUT2D eigenvalue weighted by molar-refractivity contribution is 7.89. The average molecular weight is 441 g/mol. The number of hydrogen-bond acceptors (Lipinski definition) is 5. The monoisotopic (exact) mass is 440 g/mol. The zero-order valence-electron chi connectivity index (χ0n) is 17.6. The van der Waals surface area contributed by atoms with Crippen molar-refractivity contribution in [2.45, 2.75) is 31.8 Å². The molecule has 0 fully saturated rings. The first-order valence-electron chi connectivity index (χ1n) is 9.80. The van der Waals surface area contributed by atoms with Crippen molar-refractivity contribution in [3.05, 3.63) is 66.4 Å². The summed E-state index contributed by atoms with van der Waals surface area (Å²) in [5.74, 6) is 0.670.